The van der Waals surface area contributed by atoms with Crippen LogP contribution in [0.4, 0.5) is 13.2 Å². The van der Waals surface area contributed by atoms with Gasteiger partial charge < -0.3 is 5.73 Å². The largest absolute Gasteiger partial charge is 0.390 e. The smallest absolute Gasteiger partial charge is 0.324 e. The van der Waals surface area contributed by atoms with Gasteiger partial charge in [0.25, 0.3) is 0 Å². The highest BCUT2D eigenvalue weighted by Gasteiger charge is 2.30. The van der Waals surface area contributed by atoms with E-state index in [1.807, 2.05) is 0 Å². The number of nitrogens with zero attached hydrogens (tertiary/aromatic N) is 1. The maximum Gasteiger partial charge on any atom is 0.390 e. The summed E-state index contributed by atoms with van der Waals surface area (Å²) in [5, 5.41) is 0. The molecule has 2 N–H and O–H groups in total. The van der Waals surface area contributed by atoms with Crippen molar-refractivity contribution >= 4 is 15.9 Å². The summed E-state index contributed by atoms with van der Waals surface area (Å²) < 4.78 is 36.5. The Kier molecular flexibility index (Phi) is 3.49. The Morgan fingerprint density at radius 3 is 2.50 bits per heavy atom. The first-order chi connectivity index (χ1) is 6.38. The minimum Gasteiger partial charge on any atom is -0.324 e. The monoisotopic (exact) mass is 268 g/mol. The predicted octanol–water partition coefficient (Wildman–Crippen LogP) is 2.80. The molecular weight excluding hydrogens is 261 g/mol. The summed E-state index contributed by atoms with van der Waals surface area (Å²) in [4.78, 5) is 3.80. The van der Waals surface area contributed by atoms with E-state index in [1.165, 1.54) is 12.3 Å². The lowest BCUT2D eigenvalue weighted by atomic mass is 10.1. The average Bonchev–Trinajstić information content (AvgIpc) is 2.02. The standard InChI is InChI=1S/C8H8BrF3N2/c9-7-2-1-5(4-14-7)6(13)3-8(10,11)12/h1-2,4,6H,3,13H2/t6-/m0/s1. The third kappa shape index (κ3) is 3.63. The molecule has 1 rings (SSSR count). The molecule has 0 saturated heterocycles. The molecule has 0 aromatic carbocycles. The van der Waals surface area contributed by atoms with Crippen LogP contribution >= 0.6 is 15.9 Å². The lowest BCUT2D eigenvalue weighted by Crippen LogP contribution is -2.20. The van der Waals surface area contributed by atoms with Crippen molar-refractivity contribution in [2.75, 3.05) is 0 Å². The maximum absolute atomic E-state index is 12.0. The molecule has 2 nitrogen and oxygen atoms in total. The second kappa shape index (κ2) is 4.27. The highest BCUT2D eigenvalue weighted by atomic mass is 79.9. The van der Waals surface area contributed by atoms with Gasteiger partial charge in [-0.1, -0.05) is 6.07 Å². The van der Waals surface area contributed by atoms with E-state index >= 15 is 0 Å². The molecule has 6 heteroatoms. The van der Waals surface area contributed by atoms with E-state index in [4.69, 9.17) is 5.73 Å². The van der Waals surface area contributed by atoms with E-state index in [2.05, 4.69) is 20.9 Å². The van der Waals surface area contributed by atoms with Crippen LogP contribution in [0.25, 0.3) is 0 Å². The Labute approximate surface area is 87.4 Å². The Hall–Kier alpha value is -0.620. The molecule has 14 heavy (non-hydrogen) atoms. The van der Waals surface area contributed by atoms with Crippen LogP contribution in [0.15, 0.2) is 22.9 Å². The maximum atomic E-state index is 12.0. The Morgan fingerprint density at radius 1 is 1.43 bits per heavy atom. The fourth-order valence-electron chi connectivity index (χ4n) is 0.974. The van der Waals surface area contributed by atoms with Crippen molar-refractivity contribution in [2.45, 2.75) is 18.6 Å². The normalized spacial score (nSPS) is 14.1. The summed E-state index contributed by atoms with van der Waals surface area (Å²) in [5.41, 5.74) is 5.74. The van der Waals surface area contributed by atoms with E-state index in [9.17, 15) is 13.2 Å². The first-order valence-corrected chi connectivity index (χ1v) is 4.61. The number of pyridine rings is 1. The molecule has 78 valence electrons. The summed E-state index contributed by atoms with van der Waals surface area (Å²) in [5.74, 6) is 0. The molecular formula is C8H8BrF3N2. The number of nitrogens with two attached hydrogens (primary N) is 1. The van der Waals surface area contributed by atoms with E-state index in [0.29, 0.717) is 10.2 Å². The van der Waals surface area contributed by atoms with Crippen molar-refractivity contribution in [3.8, 4) is 0 Å². The van der Waals surface area contributed by atoms with Crippen LogP contribution in [0.5, 0.6) is 0 Å². The molecule has 1 atom stereocenters. The summed E-state index contributed by atoms with van der Waals surface area (Å²) in [6.07, 6.45) is -3.94. The lowest BCUT2D eigenvalue weighted by molar-refractivity contribution is -0.138. The molecule has 0 spiro atoms. The Bertz CT molecular complexity index is 296. The molecule has 0 aliphatic rings. The van der Waals surface area contributed by atoms with E-state index in [1.54, 1.807) is 6.07 Å². The summed E-state index contributed by atoms with van der Waals surface area (Å²) in [6.45, 7) is 0. The number of hydrogen-bond donors (Lipinski definition) is 1. The predicted molar refractivity (Wildman–Crippen MR) is 49.5 cm³/mol. The molecule has 0 fully saturated rings. The minimum atomic E-state index is -4.24. The summed E-state index contributed by atoms with van der Waals surface area (Å²) in [6, 6.07) is 2.04. The SMILES string of the molecule is N[C@@H](CC(F)(F)F)c1ccc(Br)nc1. The third-order valence-electron chi connectivity index (χ3n) is 1.63. The van der Waals surface area contributed by atoms with Gasteiger partial charge in [0.2, 0.25) is 0 Å². The molecule has 0 amide bonds. The van der Waals surface area contributed by atoms with Crippen LogP contribution in [0.3, 0.4) is 0 Å². The first kappa shape index (κ1) is 11.5. The van der Waals surface area contributed by atoms with Crippen molar-refractivity contribution in [1.29, 1.82) is 0 Å². The van der Waals surface area contributed by atoms with Crippen molar-refractivity contribution in [1.82, 2.24) is 4.98 Å². The molecule has 0 aliphatic heterocycles. The Morgan fingerprint density at radius 2 is 2.07 bits per heavy atom. The zero-order valence-corrected chi connectivity index (χ0v) is 8.64. The summed E-state index contributed by atoms with van der Waals surface area (Å²) >= 11 is 3.08. The van der Waals surface area contributed by atoms with Gasteiger partial charge in [0.05, 0.1) is 6.42 Å². The van der Waals surface area contributed by atoms with Crippen molar-refractivity contribution in [3.05, 3.63) is 28.5 Å². The van der Waals surface area contributed by atoms with Gasteiger partial charge in [-0.05, 0) is 27.6 Å². The molecule has 0 aliphatic carbocycles. The fourth-order valence-corrected chi connectivity index (χ4v) is 1.21. The highest BCUT2D eigenvalue weighted by Crippen LogP contribution is 2.27. The molecule has 1 aromatic rings. The van der Waals surface area contributed by atoms with Crippen molar-refractivity contribution in [2.24, 2.45) is 5.73 Å². The average molecular weight is 269 g/mol. The van der Waals surface area contributed by atoms with Gasteiger partial charge in [-0.2, -0.15) is 13.2 Å². The van der Waals surface area contributed by atoms with Gasteiger partial charge in [-0.15, -0.1) is 0 Å². The number of halogens is 4. The van der Waals surface area contributed by atoms with E-state index in [-0.39, 0.29) is 0 Å². The van der Waals surface area contributed by atoms with Crippen LogP contribution in [-0.2, 0) is 0 Å². The van der Waals surface area contributed by atoms with Gasteiger partial charge in [-0.25, -0.2) is 4.98 Å². The van der Waals surface area contributed by atoms with Crippen LogP contribution in [0.2, 0.25) is 0 Å². The topological polar surface area (TPSA) is 38.9 Å². The van der Waals surface area contributed by atoms with Gasteiger partial charge >= 0.3 is 6.18 Å². The molecule has 0 saturated carbocycles. The Balaban J connectivity index is 2.70. The second-order valence-corrected chi connectivity index (χ2v) is 3.65. The lowest BCUT2D eigenvalue weighted by Gasteiger charge is -2.13. The minimum absolute atomic E-state index is 0.380. The van der Waals surface area contributed by atoms with Gasteiger partial charge in [0.1, 0.15) is 4.60 Å². The quantitative estimate of drug-likeness (QED) is 0.838. The third-order valence-corrected chi connectivity index (χ3v) is 2.10. The summed E-state index contributed by atoms with van der Waals surface area (Å²) in [7, 11) is 0. The molecule has 0 bridgehead atoms. The first-order valence-electron chi connectivity index (χ1n) is 3.82. The number of hydrogen-bond acceptors (Lipinski definition) is 2. The van der Waals surface area contributed by atoms with Gasteiger partial charge in [0.15, 0.2) is 0 Å². The second-order valence-electron chi connectivity index (χ2n) is 2.84. The fraction of sp³-hybridized carbons (Fsp3) is 0.375. The zero-order valence-electron chi connectivity index (χ0n) is 7.05. The highest BCUT2D eigenvalue weighted by molar-refractivity contribution is 9.10. The molecule has 1 aromatic heterocycles. The van der Waals surface area contributed by atoms with E-state index < -0.39 is 18.6 Å². The van der Waals surface area contributed by atoms with Crippen molar-refractivity contribution in [3.63, 3.8) is 0 Å². The zero-order chi connectivity index (χ0) is 10.8. The number of alkyl halides is 3. The van der Waals surface area contributed by atoms with E-state index in [0.717, 1.165) is 0 Å². The number of aromatic nitrogens is 1. The molecule has 0 unspecified atom stereocenters. The van der Waals surface area contributed by atoms with Gasteiger partial charge in [0, 0.05) is 12.2 Å². The number of rotatable bonds is 2. The van der Waals surface area contributed by atoms with Crippen LogP contribution in [0.1, 0.15) is 18.0 Å². The molecule has 1 heterocycles. The van der Waals surface area contributed by atoms with Gasteiger partial charge in [-0.3, -0.25) is 0 Å². The van der Waals surface area contributed by atoms with Crippen LogP contribution in [-0.4, -0.2) is 11.2 Å². The van der Waals surface area contributed by atoms with Crippen LogP contribution < -0.4 is 5.73 Å². The van der Waals surface area contributed by atoms with Crippen molar-refractivity contribution < 1.29 is 13.2 Å². The molecule has 0 radical (unpaired) electrons. The van der Waals surface area contributed by atoms with Crippen LogP contribution in [0, 0.1) is 0 Å².